The first kappa shape index (κ1) is 23.0. The minimum atomic E-state index is -3.85. The monoisotopic (exact) mass is 577 g/mol. The summed E-state index contributed by atoms with van der Waals surface area (Å²) in [5.41, 5.74) is 6.04. The zero-order valence-corrected chi connectivity index (χ0v) is 21.9. The lowest BCUT2D eigenvalue weighted by Gasteiger charge is -2.33. The molecule has 34 heavy (non-hydrogen) atoms. The molecule has 5 heteroatoms. The molecule has 0 saturated carbocycles. The smallest absolute Gasteiger partial charge is 0.207 e. The number of sulfonamides is 1. The highest BCUT2D eigenvalue weighted by Gasteiger charge is 2.48. The van der Waals surface area contributed by atoms with E-state index in [0.717, 1.165) is 42.5 Å². The molecule has 4 aromatic rings. The van der Waals surface area contributed by atoms with Crippen LogP contribution in [0.25, 0.3) is 5.57 Å². The van der Waals surface area contributed by atoms with Crippen molar-refractivity contribution in [2.75, 3.05) is 0 Å². The maximum absolute atomic E-state index is 13.8. The van der Waals surface area contributed by atoms with Crippen LogP contribution in [0, 0.1) is 13.8 Å². The van der Waals surface area contributed by atoms with E-state index in [2.05, 4.69) is 45.5 Å². The maximum Gasteiger partial charge on any atom is 0.241 e. The summed E-state index contributed by atoms with van der Waals surface area (Å²) in [7, 11) is -3.85. The molecule has 1 aliphatic carbocycles. The van der Waals surface area contributed by atoms with Crippen molar-refractivity contribution in [1.29, 1.82) is 0 Å². The van der Waals surface area contributed by atoms with Crippen LogP contribution in [0.3, 0.4) is 0 Å². The predicted molar refractivity (Wildman–Crippen MR) is 146 cm³/mol. The van der Waals surface area contributed by atoms with Gasteiger partial charge in [-0.05, 0) is 70.8 Å². The summed E-state index contributed by atoms with van der Waals surface area (Å²) in [6.07, 6.45) is 0. The standard InChI is InChI=1S/C29H24INO2S/c1-20-12-16-23(17-13-20)29(31-34(32,33)24-18-14-21(2)15-19-24)26-11-7-6-10-25(26)27(28(29)30)22-8-4-3-5-9-22/h3-19,31H,1-2H3. The van der Waals surface area contributed by atoms with Crippen molar-refractivity contribution in [3.05, 3.63) is 140 Å². The lowest BCUT2D eigenvalue weighted by Crippen LogP contribution is -2.46. The molecule has 0 spiro atoms. The van der Waals surface area contributed by atoms with E-state index in [0.29, 0.717) is 0 Å². The van der Waals surface area contributed by atoms with Crippen LogP contribution in [-0.4, -0.2) is 8.42 Å². The summed E-state index contributed by atoms with van der Waals surface area (Å²) >= 11 is 2.34. The van der Waals surface area contributed by atoms with Gasteiger partial charge in [-0.1, -0.05) is 102 Å². The van der Waals surface area contributed by atoms with Crippen LogP contribution in [0.15, 0.2) is 112 Å². The molecule has 0 bridgehead atoms. The van der Waals surface area contributed by atoms with E-state index in [1.807, 2.05) is 86.6 Å². The summed E-state index contributed by atoms with van der Waals surface area (Å²) in [5.74, 6) is 0. The van der Waals surface area contributed by atoms with Crippen LogP contribution >= 0.6 is 22.6 Å². The van der Waals surface area contributed by atoms with E-state index in [1.165, 1.54) is 0 Å². The Labute approximate surface area is 214 Å². The molecule has 1 aliphatic rings. The third kappa shape index (κ3) is 3.82. The number of aryl methyl sites for hydroxylation is 2. The van der Waals surface area contributed by atoms with Crippen molar-refractivity contribution in [2.45, 2.75) is 24.3 Å². The van der Waals surface area contributed by atoms with Crippen LogP contribution in [0.5, 0.6) is 0 Å². The molecule has 4 aromatic carbocycles. The summed E-state index contributed by atoms with van der Waals surface area (Å²) < 4.78 is 31.7. The topological polar surface area (TPSA) is 46.2 Å². The van der Waals surface area contributed by atoms with E-state index in [4.69, 9.17) is 0 Å². The number of hydrogen-bond acceptors (Lipinski definition) is 2. The second-order valence-electron chi connectivity index (χ2n) is 8.64. The van der Waals surface area contributed by atoms with E-state index in [-0.39, 0.29) is 4.90 Å². The van der Waals surface area contributed by atoms with Crippen molar-refractivity contribution >= 4 is 38.2 Å². The van der Waals surface area contributed by atoms with E-state index >= 15 is 0 Å². The first-order chi connectivity index (χ1) is 16.3. The third-order valence-electron chi connectivity index (χ3n) is 6.31. The number of hydrogen-bond donors (Lipinski definition) is 1. The first-order valence-electron chi connectivity index (χ1n) is 11.1. The van der Waals surface area contributed by atoms with Gasteiger partial charge in [0.2, 0.25) is 10.0 Å². The van der Waals surface area contributed by atoms with Crippen LogP contribution in [0.2, 0.25) is 0 Å². The second-order valence-corrected chi connectivity index (χ2v) is 11.4. The quantitative estimate of drug-likeness (QED) is 0.268. The Hall–Kier alpha value is -2.74. The van der Waals surface area contributed by atoms with Gasteiger partial charge in [-0.2, -0.15) is 4.72 Å². The van der Waals surface area contributed by atoms with Crippen molar-refractivity contribution < 1.29 is 8.42 Å². The fourth-order valence-corrected chi connectivity index (χ4v) is 7.43. The van der Waals surface area contributed by atoms with Gasteiger partial charge >= 0.3 is 0 Å². The van der Waals surface area contributed by atoms with Crippen molar-refractivity contribution in [3.8, 4) is 0 Å². The van der Waals surface area contributed by atoms with Crippen molar-refractivity contribution in [2.24, 2.45) is 0 Å². The summed E-state index contributed by atoms with van der Waals surface area (Å²) in [5, 5.41) is 0. The van der Waals surface area contributed by atoms with Gasteiger partial charge in [-0.25, -0.2) is 8.42 Å². The van der Waals surface area contributed by atoms with Crippen LogP contribution in [-0.2, 0) is 15.6 Å². The number of rotatable bonds is 5. The highest BCUT2D eigenvalue weighted by atomic mass is 127. The maximum atomic E-state index is 13.8. The molecule has 0 radical (unpaired) electrons. The van der Waals surface area contributed by atoms with Gasteiger partial charge in [0.15, 0.2) is 0 Å². The lowest BCUT2D eigenvalue weighted by molar-refractivity contribution is 0.539. The molecule has 0 heterocycles. The van der Waals surface area contributed by atoms with E-state index < -0.39 is 15.6 Å². The van der Waals surface area contributed by atoms with Gasteiger partial charge in [-0.3, -0.25) is 0 Å². The highest BCUT2D eigenvalue weighted by Crippen LogP contribution is 2.54. The Morgan fingerprint density at radius 1 is 0.706 bits per heavy atom. The Kier molecular flexibility index (Phi) is 5.96. The second kappa shape index (κ2) is 8.80. The molecule has 0 amide bonds. The minimum Gasteiger partial charge on any atom is -0.207 e. The summed E-state index contributed by atoms with van der Waals surface area (Å²) in [6, 6.07) is 33.3. The fraction of sp³-hybridized carbons (Fsp3) is 0.103. The number of benzene rings is 4. The Morgan fingerprint density at radius 3 is 1.91 bits per heavy atom. The molecule has 1 atom stereocenters. The lowest BCUT2D eigenvalue weighted by atomic mass is 9.85. The molecule has 1 N–H and O–H groups in total. The highest BCUT2D eigenvalue weighted by molar-refractivity contribution is 14.1. The molecule has 0 aliphatic heterocycles. The third-order valence-corrected chi connectivity index (χ3v) is 9.13. The van der Waals surface area contributed by atoms with Gasteiger partial charge in [0.25, 0.3) is 0 Å². The van der Waals surface area contributed by atoms with Crippen LogP contribution in [0.4, 0.5) is 0 Å². The zero-order chi connectivity index (χ0) is 23.9. The molecule has 0 aromatic heterocycles. The molecule has 5 rings (SSSR count). The summed E-state index contributed by atoms with van der Waals surface area (Å²) in [4.78, 5) is 0.249. The largest absolute Gasteiger partial charge is 0.241 e. The molecule has 170 valence electrons. The average molecular weight is 577 g/mol. The van der Waals surface area contributed by atoms with Gasteiger partial charge in [-0.15, -0.1) is 0 Å². The van der Waals surface area contributed by atoms with Gasteiger partial charge < -0.3 is 0 Å². The Bertz CT molecular complexity index is 1490. The number of fused-ring (bicyclic) bond motifs is 1. The van der Waals surface area contributed by atoms with E-state index in [1.54, 1.807) is 12.1 Å². The molecule has 0 saturated heterocycles. The van der Waals surface area contributed by atoms with Crippen LogP contribution < -0.4 is 4.72 Å². The molecular weight excluding hydrogens is 553 g/mol. The molecule has 3 nitrogen and oxygen atoms in total. The molecule has 1 unspecified atom stereocenters. The normalized spacial score (nSPS) is 17.6. The van der Waals surface area contributed by atoms with Crippen LogP contribution in [0.1, 0.15) is 33.4 Å². The number of halogens is 1. The Balaban J connectivity index is 1.81. The van der Waals surface area contributed by atoms with Gasteiger partial charge in [0.1, 0.15) is 5.54 Å². The van der Waals surface area contributed by atoms with Crippen molar-refractivity contribution in [1.82, 2.24) is 4.72 Å². The minimum absolute atomic E-state index is 0.249. The Morgan fingerprint density at radius 2 is 1.26 bits per heavy atom. The molecular formula is C29H24INO2S. The SMILES string of the molecule is Cc1ccc(C2(NS(=O)(=O)c3ccc(C)cc3)C(I)=C(c3ccccc3)c3ccccc32)cc1. The van der Waals surface area contributed by atoms with Crippen molar-refractivity contribution in [3.63, 3.8) is 0 Å². The fourth-order valence-electron chi connectivity index (χ4n) is 4.56. The van der Waals surface area contributed by atoms with E-state index in [9.17, 15) is 8.42 Å². The zero-order valence-electron chi connectivity index (χ0n) is 18.9. The average Bonchev–Trinajstić information content (AvgIpc) is 3.08. The molecule has 0 fully saturated rings. The van der Waals surface area contributed by atoms with Gasteiger partial charge in [0.05, 0.1) is 4.90 Å². The number of nitrogens with one attached hydrogen (secondary N) is 1. The first-order valence-corrected chi connectivity index (χ1v) is 13.6. The summed E-state index contributed by atoms with van der Waals surface area (Å²) in [6.45, 7) is 3.98. The predicted octanol–water partition coefficient (Wildman–Crippen LogP) is 6.73. The van der Waals surface area contributed by atoms with Gasteiger partial charge in [0, 0.05) is 9.15 Å².